The Kier molecular flexibility index (Phi) is 5.13. The number of para-hydroxylation sites is 1. The Bertz CT molecular complexity index is 991. The molecule has 0 amide bonds. The summed E-state index contributed by atoms with van der Waals surface area (Å²) in [4.78, 5) is 7.78. The van der Waals surface area contributed by atoms with Crippen LogP contribution in [0.4, 0.5) is 10.1 Å². The molecule has 0 spiro atoms. The third-order valence-corrected chi connectivity index (χ3v) is 4.68. The summed E-state index contributed by atoms with van der Waals surface area (Å²) < 4.78 is 45.6. The molecule has 0 bridgehead atoms. The van der Waals surface area contributed by atoms with E-state index in [2.05, 4.69) is 14.7 Å². The lowest BCUT2D eigenvalue weighted by molar-refractivity contribution is 0.411. The van der Waals surface area contributed by atoms with E-state index in [0.717, 1.165) is 5.56 Å². The van der Waals surface area contributed by atoms with Crippen molar-refractivity contribution in [2.75, 3.05) is 4.72 Å². The lowest BCUT2D eigenvalue weighted by Gasteiger charge is -2.09. The standard InChI is InChI=1S/C18H16FN3O3S/c1-13-6-8-14(9-7-13)12-26(23,24)22-15-10-20-18(21-11-15)25-17-5-3-2-4-16(17)19/h2-11,22H,12H2,1H3. The van der Waals surface area contributed by atoms with E-state index in [-0.39, 0.29) is 23.2 Å². The zero-order valence-corrected chi connectivity index (χ0v) is 14.7. The van der Waals surface area contributed by atoms with Gasteiger partial charge in [0.15, 0.2) is 11.6 Å². The van der Waals surface area contributed by atoms with Gasteiger partial charge in [0.2, 0.25) is 10.0 Å². The first-order valence-electron chi connectivity index (χ1n) is 7.72. The number of nitrogens with zero attached hydrogens (tertiary/aromatic N) is 2. The van der Waals surface area contributed by atoms with Gasteiger partial charge in [0.1, 0.15) is 0 Å². The Morgan fingerprint density at radius 1 is 1.04 bits per heavy atom. The smallest absolute Gasteiger partial charge is 0.322 e. The summed E-state index contributed by atoms with van der Waals surface area (Å²) in [5.41, 5.74) is 1.92. The largest absolute Gasteiger partial charge is 0.421 e. The first-order valence-corrected chi connectivity index (χ1v) is 9.37. The van der Waals surface area contributed by atoms with Crippen LogP contribution in [0.1, 0.15) is 11.1 Å². The fourth-order valence-corrected chi connectivity index (χ4v) is 3.33. The van der Waals surface area contributed by atoms with E-state index in [0.29, 0.717) is 5.56 Å². The molecule has 0 aliphatic rings. The molecule has 0 fully saturated rings. The van der Waals surface area contributed by atoms with Crippen LogP contribution in [0.3, 0.4) is 0 Å². The highest BCUT2D eigenvalue weighted by Gasteiger charge is 2.13. The van der Waals surface area contributed by atoms with Gasteiger partial charge in [-0.25, -0.2) is 22.8 Å². The van der Waals surface area contributed by atoms with E-state index in [1.54, 1.807) is 18.2 Å². The molecule has 26 heavy (non-hydrogen) atoms. The summed E-state index contributed by atoms with van der Waals surface area (Å²) in [5, 5.41) is 0. The summed E-state index contributed by atoms with van der Waals surface area (Å²) in [6, 6.07) is 13.0. The van der Waals surface area contributed by atoms with Crippen molar-refractivity contribution in [2.24, 2.45) is 0 Å². The Hall–Kier alpha value is -3.00. The molecule has 0 saturated carbocycles. The summed E-state index contributed by atoms with van der Waals surface area (Å²) in [6.07, 6.45) is 2.52. The number of anilines is 1. The Labute approximate surface area is 150 Å². The van der Waals surface area contributed by atoms with Crippen molar-refractivity contribution in [1.82, 2.24) is 9.97 Å². The van der Waals surface area contributed by atoms with Gasteiger partial charge in [-0.05, 0) is 24.6 Å². The Morgan fingerprint density at radius 2 is 1.69 bits per heavy atom. The molecule has 0 unspecified atom stereocenters. The first kappa shape index (κ1) is 17.8. The molecular weight excluding hydrogens is 357 g/mol. The van der Waals surface area contributed by atoms with Crippen molar-refractivity contribution in [3.63, 3.8) is 0 Å². The van der Waals surface area contributed by atoms with Gasteiger partial charge in [0, 0.05) is 0 Å². The minimum atomic E-state index is -3.61. The number of halogens is 1. The third kappa shape index (κ3) is 4.76. The highest BCUT2D eigenvalue weighted by Crippen LogP contribution is 2.21. The zero-order valence-electron chi connectivity index (χ0n) is 13.9. The number of nitrogens with one attached hydrogen (secondary N) is 1. The zero-order chi connectivity index (χ0) is 18.6. The van der Waals surface area contributed by atoms with Gasteiger partial charge in [-0.15, -0.1) is 0 Å². The second kappa shape index (κ2) is 7.49. The van der Waals surface area contributed by atoms with Crippen molar-refractivity contribution in [2.45, 2.75) is 12.7 Å². The van der Waals surface area contributed by atoms with Crippen molar-refractivity contribution >= 4 is 15.7 Å². The van der Waals surface area contributed by atoms with Gasteiger partial charge in [-0.3, -0.25) is 4.72 Å². The molecule has 134 valence electrons. The normalized spacial score (nSPS) is 11.2. The summed E-state index contributed by atoms with van der Waals surface area (Å²) in [7, 11) is -3.61. The van der Waals surface area contributed by atoms with E-state index in [9.17, 15) is 12.8 Å². The monoisotopic (exact) mass is 373 g/mol. The van der Waals surface area contributed by atoms with Gasteiger partial charge < -0.3 is 4.74 Å². The average molecular weight is 373 g/mol. The van der Waals surface area contributed by atoms with Crippen molar-refractivity contribution in [3.8, 4) is 11.8 Å². The molecule has 3 aromatic rings. The van der Waals surface area contributed by atoms with Crippen LogP contribution in [0, 0.1) is 12.7 Å². The number of benzene rings is 2. The molecule has 0 aliphatic carbocycles. The maximum absolute atomic E-state index is 13.5. The molecule has 0 radical (unpaired) electrons. The predicted molar refractivity (Wildman–Crippen MR) is 95.9 cm³/mol. The Morgan fingerprint density at radius 3 is 2.35 bits per heavy atom. The molecule has 0 aliphatic heterocycles. The highest BCUT2D eigenvalue weighted by molar-refractivity contribution is 7.91. The number of aryl methyl sites for hydroxylation is 1. The second-order valence-electron chi connectivity index (χ2n) is 5.63. The lowest BCUT2D eigenvalue weighted by Crippen LogP contribution is -2.15. The van der Waals surface area contributed by atoms with Crippen LogP contribution in [0.15, 0.2) is 60.9 Å². The second-order valence-corrected chi connectivity index (χ2v) is 7.36. The predicted octanol–water partition coefficient (Wildman–Crippen LogP) is 3.66. The van der Waals surface area contributed by atoms with Gasteiger partial charge in [0.25, 0.3) is 0 Å². The molecule has 3 rings (SSSR count). The van der Waals surface area contributed by atoms with Crippen molar-refractivity contribution < 1.29 is 17.5 Å². The minimum Gasteiger partial charge on any atom is -0.421 e. The molecular formula is C18H16FN3O3S. The summed E-state index contributed by atoms with van der Waals surface area (Å²) in [6.45, 7) is 1.93. The topological polar surface area (TPSA) is 81.2 Å². The Balaban J connectivity index is 1.66. The van der Waals surface area contributed by atoms with Crippen LogP contribution in [0.25, 0.3) is 0 Å². The maximum Gasteiger partial charge on any atom is 0.322 e. The van der Waals surface area contributed by atoms with Crippen LogP contribution in [-0.2, 0) is 15.8 Å². The molecule has 8 heteroatoms. The molecule has 0 saturated heterocycles. The quantitative estimate of drug-likeness (QED) is 0.713. The van der Waals surface area contributed by atoms with E-state index in [4.69, 9.17) is 4.74 Å². The highest BCUT2D eigenvalue weighted by atomic mass is 32.2. The third-order valence-electron chi connectivity index (χ3n) is 3.42. The van der Waals surface area contributed by atoms with E-state index in [1.807, 2.05) is 19.1 Å². The van der Waals surface area contributed by atoms with Crippen molar-refractivity contribution in [3.05, 3.63) is 77.9 Å². The van der Waals surface area contributed by atoms with Crippen LogP contribution in [0.5, 0.6) is 11.8 Å². The molecule has 1 aromatic heterocycles. The molecule has 1 N–H and O–H groups in total. The van der Waals surface area contributed by atoms with E-state index < -0.39 is 15.8 Å². The molecule has 0 atom stereocenters. The van der Waals surface area contributed by atoms with Gasteiger partial charge in [0.05, 0.1) is 23.8 Å². The number of aromatic nitrogens is 2. The fraction of sp³-hybridized carbons (Fsp3) is 0.111. The SMILES string of the molecule is Cc1ccc(CS(=O)(=O)Nc2cnc(Oc3ccccc3F)nc2)cc1. The summed E-state index contributed by atoms with van der Waals surface area (Å²) in [5.74, 6) is -0.722. The van der Waals surface area contributed by atoms with E-state index in [1.165, 1.54) is 30.6 Å². The number of ether oxygens (including phenoxy) is 1. The van der Waals surface area contributed by atoms with Crippen LogP contribution in [-0.4, -0.2) is 18.4 Å². The lowest BCUT2D eigenvalue weighted by atomic mass is 10.2. The molecule has 1 heterocycles. The molecule has 6 nitrogen and oxygen atoms in total. The minimum absolute atomic E-state index is 0.0137. The fourth-order valence-electron chi connectivity index (χ4n) is 2.17. The van der Waals surface area contributed by atoms with Crippen LogP contribution in [0.2, 0.25) is 0 Å². The van der Waals surface area contributed by atoms with Gasteiger partial charge in [-0.2, -0.15) is 0 Å². The molecule has 2 aromatic carbocycles. The first-order chi connectivity index (χ1) is 12.4. The van der Waals surface area contributed by atoms with Crippen LogP contribution >= 0.6 is 0 Å². The number of rotatable bonds is 6. The number of sulfonamides is 1. The average Bonchev–Trinajstić information content (AvgIpc) is 2.60. The summed E-state index contributed by atoms with van der Waals surface area (Å²) >= 11 is 0. The van der Waals surface area contributed by atoms with Gasteiger partial charge in [-0.1, -0.05) is 42.0 Å². The van der Waals surface area contributed by atoms with Gasteiger partial charge >= 0.3 is 6.01 Å². The van der Waals surface area contributed by atoms with Crippen molar-refractivity contribution in [1.29, 1.82) is 0 Å². The maximum atomic E-state index is 13.5. The number of hydrogen-bond donors (Lipinski definition) is 1. The van der Waals surface area contributed by atoms with E-state index >= 15 is 0 Å². The van der Waals surface area contributed by atoms with Crippen LogP contribution < -0.4 is 9.46 Å². The number of hydrogen-bond acceptors (Lipinski definition) is 5.